The van der Waals surface area contributed by atoms with Crippen LogP contribution in [0.25, 0.3) is 55.7 Å². The molecule has 0 amide bonds. The summed E-state index contributed by atoms with van der Waals surface area (Å²) in [6.45, 7) is 4.68. The number of imidazole rings is 1. The Morgan fingerprint density at radius 1 is 0.611 bits per heavy atom. The Morgan fingerprint density at radius 3 is 2.06 bits per heavy atom. The predicted octanol–water partition coefficient (Wildman–Crippen LogP) is 12.5. The fourth-order valence-electron chi connectivity index (χ4n) is 8.78. The number of fused-ring (bicyclic) bond motifs is 8. The number of hydrogen-bond acceptors (Lipinski definition) is 3. The smallest absolute Gasteiger partial charge is 0.142 e. The molecule has 1 N–H and O–H groups in total. The Labute approximate surface area is 314 Å². The van der Waals surface area contributed by atoms with Crippen LogP contribution < -0.4 is 10.2 Å². The summed E-state index contributed by atoms with van der Waals surface area (Å²) in [5, 5.41) is 8.66. The first-order chi connectivity index (χ1) is 26.7. The van der Waals surface area contributed by atoms with Crippen LogP contribution in [0.1, 0.15) is 40.3 Å². The minimum absolute atomic E-state index is 0.00327. The molecule has 7 aromatic carbocycles. The molecule has 3 heterocycles. The van der Waals surface area contributed by atoms with Crippen molar-refractivity contribution < 1.29 is 0 Å². The van der Waals surface area contributed by atoms with Gasteiger partial charge in [0.05, 0.1) is 28.8 Å². The molecule has 0 radical (unpaired) electrons. The lowest BCUT2D eigenvalue weighted by Gasteiger charge is -2.31. The molecule has 0 saturated heterocycles. The summed E-state index contributed by atoms with van der Waals surface area (Å²) in [4.78, 5) is 7.59. The van der Waals surface area contributed by atoms with Gasteiger partial charge in [0.15, 0.2) is 0 Å². The van der Waals surface area contributed by atoms with Crippen molar-refractivity contribution in [2.75, 3.05) is 10.2 Å². The summed E-state index contributed by atoms with van der Waals surface area (Å²) < 4.78 is 2.40. The first kappa shape index (κ1) is 30.7. The minimum atomic E-state index is -0.0447. The van der Waals surface area contributed by atoms with Crippen molar-refractivity contribution in [1.82, 2.24) is 9.55 Å². The maximum atomic E-state index is 5.20. The molecule has 3 aliphatic rings. The van der Waals surface area contributed by atoms with Crippen LogP contribution >= 0.6 is 0 Å². The van der Waals surface area contributed by atoms with E-state index >= 15 is 0 Å². The van der Waals surface area contributed by atoms with Crippen LogP contribution in [0.3, 0.4) is 0 Å². The van der Waals surface area contributed by atoms with E-state index in [0.717, 1.165) is 40.5 Å². The zero-order valence-electron chi connectivity index (χ0n) is 29.7. The average Bonchev–Trinajstić information content (AvgIpc) is 3.70. The molecule has 0 bridgehead atoms. The van der Waals surface area contributed by atoms with Crippen LogP contribution in [0.5, 0.6) is 0 Å². The number of benzene rings is 7. The van der Waals surface area contributed by atoms with Gasteiger partial charge in [0, 0.05) is 17.7 Å². The lowest BCUT2D eigenvalue weighted by Crippen LogP contribution is -2.23. The number of nitrogens with one attached hydrogen (secondary N) is 1. The number of anilines is 3. The third kappa shape index (κ3) is 4.80. The summed E-state index contributed by atoms with van der Waals surface area (Å²) in [5.74, 6) is 1.02. The summed E-state index contributed by atoms with van der Waals surface area (Å²) in [6, 6.07) is 55.1. The highest BCUT2D eigenvalue weighted by molar-refractivity contribution is 5.93. The molecule has 256 valence electrons. The Balaban J connectivity index is 0.926. The van der Waals surface area contributed by atoms with Crippen molar-refractivity contribution >= 4 is 50.3 Å². The van der Waals surface area contributed by atoms with Gasteiger partial charge in [0.1, 0.15) is 12.0 Å². The number of rotatable bonds is 4. The molecule has 2 aliphatic heterocycles. The maximum absolute atomic E-state index is 5.20. The number of allylic oxidation sites excluding steroid dienone is 4. The second kappa shape index (κ2) is 12.1. The summed E-state index contributed by atoms with van der Waals surface area (Å²) in [7, 11) is 0. The highest BCUT2D eigenvalue weighted by Crippen LogP contribution is 2.48. The Bertz CT molecular complexity index is 2880. The second-order valence-corrected chi connectivity index (χ2v) is 14.5. The van der Waals surface area contributed by atoms with Gasteiger partial charge in [-0.2, -0.15) is 0 Å². The maximum Gasteiger partial charge on any atom is 0.142 e. The van der Waals surface area contributed by atoms with E-state index in [1.807, 2.05) is 0 Å². The van der Waals surface area contributed by atoms with Crippen LogP contribution in [0, 0.1) is 0 Å². The normalized spacial score (nSPS) is 16.8. The van der Waals surface area contributed by atoms with Crippen molar-refractivity contribution in [1.29, 1.82) is 0 Å². The van der Waals surface area contributed by atoms with Gasteiger partial charge < -0.3 is 14.8 Å². The van der Waals surface area contributed by atoms with Crippen LogP contribution in [0.2, 0.25) is 0 Å². The molecule has 2 unspecified atom stereocenters. The third-order valence-corrected chi connectivity index (χ3v) is 11.4. The number of hydrogen-bond donors (Lipinski definition) is 1. The van der Waals surface area contributed by atoms with E-state index in [2.05, 4.69) is 197 Å². The zero-order chi connectivity index (χ0) is 35.8. The molecule has 1 aliphatic carbocycles. The topological polar surface area (TPSA) is 33.1 Å². The Morgan fingerprint density at radius 2 is 1.26 bits per heavy atom. The Kier molecular flexibility index (Phi) is 6.86. The lowest BCUT2D eigenvalue weighted by atomic mass is 9.86. The van der Waals surface area contributed by atoms with Crippen LogP contribution in [0.4, 0.5) is 17.1 Å². The van der Waals surface area contributed by atoms with Crippen molar-refractivity contribution in [3.63, 3.8) is 0 Å². The molecule has 54 heavy (non-hydrogen) atoms. The molecule has 2 atom stereocenters. The van der Waals surface area contributed by atoms with Gasteiger partial charge >= 0.3 is 0 Å². The summed E-state index contributed by atoms with van der Waals surface area (Å²) >= 11 is 0. The highest BCUT2D eigenvalue weighted by atomic mass is 15.3. The minimum Gasteiger partial charge on any atom is -0.359 e. The lowest BCUT2D eigenvalue weighted by molar-refractivity contribution is 0.707. The second-order valence-electron chi connectivity index (χ2n) is 14.5. The quantitative estimate of drug-likeness (QED) is 0.199. The fourth-order valence-corrected chi connectivity index (χ4v) is 8.78. The molecular formula is C50H36N4. The van der Waals surface area contributed by atoms with E-state index in [0.29, 0.717) is 0 Å². The van der Waals surface area contributed by atoms with E-state index in [-0.39, 0.29) is 12.2 Å². The molecule has 0 saturated carbocycles. The summed E-state index contributed by atoms with van der Waals surface area (Å²) in [5.41, 5.74) is 14.1. The van der Waals surface area contributed by atoms with Crippen molar-refractivity contribution in [2.24, 2.45) is 0 Å². The molecule has 4 nitrogen and oxygen atoms in total. The molecule has 8 aromatic rings. The molecule has 1 aromatic heterocycles. The first-order valence-corrected chi connectivity index (χ1v) is 18.7. The molecule has 0 spiro atoms. The van der Waals surface area contributed by atoms with Crippen LogP contribution in [0.15, 0.2) is 176 Å². The van der Waals surface area contributed by atoms with E-state index in [1.54, 1.807) is 0 Å². The first-order valence-electron chi connectivity index (χ1n) is 18.7. The van der Waals surface area contributed by atoms with E-state index in [4.69, 9.17) is 4.98 Å². The largest absolute Gasteiger partial charge is 0.359 e. The zero-order valence-corrected chi connectivity index (χ0v) is 29.7. The van der Waals surface area contributed by atoms with Gasteiger partial charge in [-0.25, -0.2) is 4.98 Å². The summed E-state index contributed by atoms with van der Waals surface area (Å²) in [6.07, 6.45) is 9.45. The van der Waals surface area contributed by atoms with Crippen molar-refractivity contribution in [2.45, 2.75) is 18.6 Å². The molecule has 11 rings (SSSR count). The van der Waals surface area contributed by atoms with Crippen LogP contribution in [-0.4, -0.2) is 9.55 Å². The van der Waals surface area contributed by atoms with Gasteiger partial charge in [-0.1, -0.05) is 128 Å². The average molecular weight is 693 g/mol. The highest BCUT2D eigenvalue weighted by Gasteiger charge is 2.33. The van der Waals surface area contributed by atoms with Gasteiger partial charge in [0.25, 0.3) is 0 Å². The van der Waals surface area contributed by atoms with Gasteiger partial charge in [-0.05, 0) is 110 Å². The van der Waals surface area contributed by atoms with Gasteiger partial charge in [0.2, 0.25) is 0 Å². The van der Waals surface area contributed by atoms with E-state index in [1.165, 1.54) is 60.7 Å². The van der Waals surface area contributed by atoms with Gasteiger partial charge in [-0.3, -0.25) is 0 Å². The number of aromatic nitrogens is 2. The number of para-hydroxylation sites is 3. The SMILES string of the molecule is C=C1c2ccccc2-c2nc3c(n2C1c1ccc2cc(-c4ccc5cc(C6Nc7ccccc7N6c6ccccc6)ccc5c4)ccc2c1)C=CC=CC3. The van der Waals surface area contributed by atoms with Crippen molar-refractivity contribution in [3.05, 3.63) is 205 Å². The molecule has 0 fully saturated rings. The fraction of sp³-hybridized carbons (Fsp3) is 0.0600. The standard InChI is InChI=1S/C50H36N4/c1-32-42-14-8-9-15-43(42)50-52-45-16-6-3-7-18-47(45)54(50)48(32)39-26-24-35-28-33(20-22-37(35)30-39)34-21-23-38-31-40(27-25-36(38)29-34)49-51-44-17-10-11-19-46(44)53(49)41-12-4-2-5-13-41/h2-15,17-31,48-49,51H,1,16H2. The van der Waals surface area contributed by atoms with Crippen molar-refractivity contribution in [3.8, 4) is 22.5 Å². The third-order valence-electron chi connectivity index (χ3n) is 11.4. The monoisotopic (exact) mass is 692 g/mol. The Hall–Kier alpha value is -6.91. The van der Waals surface area contributed by atoms with E-state index in [9.17, 15) is 0 Å². The van der Waals surface area contributed by atoms with E-state index < -0.39 is 0 Å². The predicted molar refractivity (Wildman–Crippen MR) is 225 cm³/mol. The molecule has 4 heteroatoms. The van der Waals surface area contributed by atoms with Gasteiger partial charge in [-0.15, -0.1) is 0 Å². The van der Waals surface area contributed by atoms with Crippen LogP contribution in [-0.2, 0) is 6.42 Å². The molecular weight excluding hydrogens is 657 g/mol. The number of nitrogens with zero attached hydrogens (tertiary/aromatic N) is 3.